The number of hydrogen-bond acceptors (Lipinski definition) is 7. The molecule has 0 saturated carbocycles. The maximum absolute atomic E-state index is 11.4. The van der Waals surface area contributed by atoms with Gasteiger partial charge < -0.3 is 4.74 Å². The second kappa shape index (κ2) is 10.3. The molecule has 1 N–H and O–H groups in total. The highest BCUT2D eigenvalue weighted by atomic mass is 32.2. The lowest BCUT2D eigenvalue weighted by Crippen LogP contribution is -2.37. The number of anilines is 1. The van der Waals surface area contributed by atoms with Gasteiger partial charge in [-0.1, -0.05) is 54.0 Å². The first kappa shape index (κ1) is 18.8. The molecule has 6 nitrogen and oxygen atoms in total. The molecule has 0 aromatic carbocycles. The van der Waals surface area contributed by atoms with Gasteiger partial charge in [-0.05, 0) is 26.3 Å². The van der Waals surface area contributed by atoms with Crippen molar-refractivity contribution in [3.8, 4) is 11.8 Å². The van der Waals surface area contributed by atoms with Gasteiger partial charge in [0.15, 0.2) is 4.34 Å². The molecule has 1 fully saturated rings. The van der Waals surface area contributed by atoms with Gasteiger partial charge in [-0.2, -0.15) is 0 Å². The van der Waals surface area contributed by atoms with E-state index >= 15 is 0 Å². The van der Waals surface area contributed by atoms with Gasteiger partial charge in [-0.25, -0.2) is 4.79 Å². The van der Waals surface area contributed by atoms with Crippen molar-refractivity contribution in [1.29, 1.82) is 0 Å². The fraction of sp³-hybridized carbons (Fsp3) is 0.562. The molecule has 1 aliphatic heterocycles. The van der Waals surface area contributed by atoms with Crippen LogP contribution in [0.4, 0.5) is 9.93 Å². The van der Waals surface area contributed by atoms with E-state index in [-0.39, 0.29) is 6.61 Å². The van der Waals surface area contributed by atoms with Crippen molar-refractivity contribution < 1.29 is 9.53 Å². The van der Waals surface area contributed by atoms with E-state index in [1.165, 1.54) is 48.4 Å². The molecule has 1 saturated heterocycles. The van der Waals surface area contributed by atoms with Gasteiger partial charge in [-0.3, -0.25) is 10.2 Å². The molecule has 1 amide bonds. The highest BCUT2D eigenvalue weighted by Gasteiger charge is 2.16. The van der Waals surface area contributed by atoms with Crippen molar-refractivity contribution in [2.75, 3.05) is 30.8 Å². The first-order chi connectivity index (χ1) is 11.7. The standard InChI is InChI=1S/C16H22N4O2S2/c1-3-11-22-15(21)17-14-18-19-16(24-14)23-12-7-6-10-20-9-5-4-8-13(20)2/h3,13H,1,4-5,8-12H2,2H3,(H,17,18,21). The lowest BCUT2D eigenvalue weighted by Gasteiger charge is -2.31. The van der Waals surface area contributed by atoms with Gasteiger partial charge in [0.2, 0.25) is 5.13 Å². The highest BCUT2D eigenvalue weighted by molar-refractivity contribution is 8.01. The lowest BCUT2D eigenvalue weighted by atomic mass is 10.0. The SMILES string of the molecule is C=CCOC(=O)Nc1nnc(SCC#CCN2CCCCC2C)s1. The molecular formula is C16H22N4O2S2. The van der Waals surface area contributed by atoms with E-state index in [4.69, 9.17) is 4.74 Å². The molecule has 130 valence electrons. The summed E-state index contributed by atoms with van der Waals surface area (Å²) >= 11 is 2.82. The average Bonchev–Trinajstić information content (AvgIpc) is 3.01. The molecule has 1 unspecified atom stereocenters. The molecule has 0 aliphatic carbocycles. The molecule has 2 heterocycles. The third-order valence-electron chi connectivity index (χ3n) is 3.56. The molecule has 8 heteroatoms. The number of nitrogens with one attached hydrogen (secondary N) is 1. The van der Waals surface area contributed by atoms with Crippen LogP contribution < -0.4 is 5.32 Å². The summed E-state index contributed by atoms with van der Waals surface area (Å²) in [7, 11) is 0. The van der Waals surface area contributed by atoms with Gasteiger partial charge in [0.05, 0.1) is 12.3 Å². The van der Waals surface area contributed by atoms with Gasteiger partial charge in [0.1, 0.15) is 6.61 Å². The number of thioether (sulfide) groups is 1. The Morgan fingerprint density at radius 3 is 3.21 bits per heavy atom. The number of carbonyl (C=O) groups excluding carboxylic acids is 1. The van der Waals surface area contributed by atoms with Crippen molar-refractivity contribution in [2.45, 2.75) is 36.6 Å². The van der Waals surface area contributed by atoms with Crippen LogP contribution in [0.3, 0.4) is 0 Å². The Hall–Kier alpha value is -1.56. The van der Waals surface area contributed by atoms with Crippen LogP contribution in [0.5, 0.6) is 0 Å². The number of amides is 1. The molecule has 0 spiro atoms. The average molecular weight is 367 g/mol. The molecule has 1 atom stereocenters. The molecule has 1 aliphatic rings. The largest absolute Gasteiger partial charge is 0.445 e. The second-order valence-electron chi connectivity index (χ2n) is 5.34. The monoisotopic (exact) mass is 366 g/mol. The molecule has 0 radical (unpaired) electrons. The molecule has 0 bridgehead atoms. The predicted molar refractivity (Wildman–Crippen MR) is 98.5 cm³/mol. The maximum Gasteiger partial charge on any atom is 0.413 e. The quantitative estimate of drug-likeness (QED) is 0.361. The molecule has 1 aromatic rings. The molecule has 2 rings (SSSR count). The van der Waals surface area contributed by atoms with Crippen LogP contribution in [0.25, 0.3) is 0 Å². The zero-order chi connectivity index (χ0) is 17.2. The minimum atomic E-state index is -0.557. The van der Waals surface area contributed by atoms with Gasteiger partial charge in [0, 0.05) is 6.04 Å². The zero-order valence-electron chi connectivity index (χ0n) is 13.8. The van der Waals surface area contributed by atoms with Crippen molar-refractivity contribution >= 4 is 34.3 Å². The fourth-order valence-corrected chi connectivity index (χ4v) is 3.78. The normalized spacial score (nSPS) is 17.6. The Morgan fingerprint density at radius 2 is 2.42 bits per heavy atom. The first-order valence-electron chi connectivity index (χ1n) is 7.90. The van der Waals surface area contributed by atoms with Crippen LogP contribution >= 0.6 is 23.1 Å². The van der Waals surface area contributed by atoms with Gasteiger partial charge in [0.25, 0.3) is 0 Å². The molecular weight excluding hydrogens is 344 g/mol. The second-order valence-corrected chi connectivity index (χ2v) is 7.54. The zero-order valence-corrected chi connectivity index (χ0v) is 15.4. The van der Waals surface area contributed by atoms with E-state index < -0.39 is 6.09 Å². The third kappa shape index (κ3) is 6.51. The summed E-state index contributed by atoms with van der Waals surface area (Å²) in [5.74, 6) is 7.06. The fourth-order valence-electron chi connectivity index (χ4n) is 2.28. The summed E-state index contributed by atoms with van der Waals surface area (Å²) in [4.78, 5) is 13.8. The summed E-state index contributed by atoms with van der Waals surface area (Å²) in [6.07, 6.45) is 4.82. The Balaban J connectivity index is 1.68. The number of likely N-dealkylation sites (tertiary alicyclic amines) is 1. The Labute approximate surface area is 151 Å². The number of piperidine rings is 1. The van der Waals surface area contributed by atoms with Crippen LogP contribution in [0, 0.1) is 11.8 Å². The predicted octanol–water partition coefficient (Wildman–Crippen LogP) is 3.24. The van der Waals surface area contributed by atoms with E-state index in [1.807, 2.05) is 0 Å². The van der Waals surface area contributed by atoms with Crippen molar-refractivity contribution in [3.05, 3.63) is 12.7 Å². The van der Waals surface area contributed by atoms with Crippen molar-refractivity contribution in [1.82, 2.24) is 15.1 Å². The number of hydrogen-bond donors (Lipinski definition) is 1. The molecule has 24 heavy (non-hydrogen) atoms. The van der Waals surface area contributed by atoms with Crippen molar-refractivity contribution in [2.24, 2.45) is 0 Å². The maximum atomic E-state index is 11.4. The summed E-state index contributed by atoms with van der Waals surface area (Å²) in [5, 5.41) is 10.9. The smallest absolute Gasteiger partial charge is 0.413 e. The number of nitrogens with zero attached hydrogens (tertiary/aromatic N) is 3. The first-order valence-corrected chi connectivity index (χ1v) is 9.70. The van der Waals surface area contributed by atoms with E-state index in [9.17, 15) is 4.79 Å². The highest BCUT2D eigenvalue weighted by Crippen LogP contribution is 2.25. The summed E-state index contributed by atoms with van der Waals surface area (Å²) in [6, 6.07) is 0.637. The summed E-state index contributed by atoms with van der Waals surface area (Å²) in [6.45, 7) is 7.89. The summed E-state index contributed by atoms with van der Waals surface area (Å²) < 4.78 is 5.59. The third-order valence-corrected chi connectivity index (χ3v) is 5.42. The van der Waals surface area contributed by atoms with Crippen LogP contribution in [-0.2, 0) is 4.74 Å². The Kier molecular flexibility index (Phi) is 8.08. The van der Waals surface area contributed by atoms with Crippen LogP contribution in [0.1, 0.15) is 26.2 Å². The van der Waals surface area contributed by atoms with Gasteiger partial charge in [-0.15, -0.1) is 10.2 Å². The number of carbonyl (C=O) groups is 1. The molecule has 1 aromatic heterocycles. The number of aromatic nitrogens is 2. The van der Waals surface area contributed by atoms with Gasteiger partial charge >= 0.3 is 6.09 Å². The van der Waals surface area contributed by atoms with E-state index in [1.54, 1.807) is 0 Å². The Bertz CT molecular complexity index is 609. The van der Waals surface area contributed by atoms with E-state index in [0.29, 0.717) is 16.9 Å². The minimum Gasteiger partial charge on any atom is -0.445 e. The van der Waals surface area contributed by atoms with Crippen LogP contribution in [-0.4, -0.2) is 52.7 Å². The van der Waals surface area contributed by atoms with E-state index in [0.717, 1.165) is 17.4 Å². The summed E-state index contributed by atoms with van der Waals surface area (Å²) in [5.41, 5.74) is 0. The lowest BCUT2D eigenvalue weighted by molar-refractivity contribution is 0.174. The van der Waals surface area contributed by atoms with Crippen molar-refractivity contribution in [3.63, 3.8) is 0 Å². The number of rotatable bonds is 6. The topological polar surface area (TPSA) is 67.3 Å². The number of ether oxygens (including phenoxy) is 1. The van der Waals surface area contributed by atoms with Crippen LogP contribution in [0.2, 0.25) is 0 Å². The Morgan fingerprint density at radius 1 is 1.54 bits per heavy atom. The minimum absolute atomic E-state index is 0.164. The van der Waals surface area contributed by atoms with E-state index in [2.05, 4.69) is 45.8 Å². The van der Waals surface area contributed by atoms with Crippen LogP contribution in [0.15, 0.2) is 17.0 Å².